The van der Waals surface area contributed by atoms with Crippen LogP contribution in [0.2, 0.25) is 0 Å². The molecule has 1 aromatic carbocycles. The number of aromatic nitrogens is 3. The lowest BCUT2D eigenvalue weighted by Crippen LogP contribution is -2.04. The highest BCUT2D eigenvalue weighted by molar-refractivity contribution is 5.86. The third-order valence-electron chi connectivity index (χ3n) is 3.00. The zero-order valence-electron chi connectivity index (χ0n) is 11.9. The molecule has 0 spiro atoms. The summed E-state index contributed by atoms with van der Waals surface area (Å²) in [5.74, 6) is -0.446. The molecule has 2 aromatic rings. The highest BCUT2D eigenvalue weighted by Crippen LogP contribution is 2.11. The average Bonchev–Trinajstić information content (AvgIpc) is 2.96. The highest BCUT2D eigenvalue weighted by Gasteiger charge is 2.12. The molecule has 0 aliphatic carbocycles. The topological polar surface area (TPSA) is 57.0 Å². The first kappa shape index (κ1) is 14.2. The first-order valence-electron chi connectivity index (χ1n) is 6.93. The zero-order valence-corrected chi connectivity index (χ0v) is 11.9. The molecule has 0 saturated heterocycles. The van der Waals surface area contributed by atoms with Gasteiger partial charge in [-0.05, 0) is 37.5 Å². The molecule has 0 radical (unpaired) electrons. The lowest BCUT2D eigenvalue weighted by Gasteiger charge is -2.03. The number of esters is 1. The van der Waals surface area contributed by atoms with Gasteiger partial charge in [0.2, 0.25) is 0 Å². The van der Waals surface area contributed by atoms with Crippen molar-refractivity contribution in [2.75, 3.05) is 6.61 Å². The maximum Gasteiger partial charge on any atom is 0.360 e. The highest BCUT2D eigenvalue weighted by atomic mass is 16.5. The average molecular weight is 273 g/mol. The number of benzene rings is 1. The van der Waals surface area contributed by atoms with Gasteiger partial charge in [0.05, 0.1) is 18.5 Å². The fourth-order valence-corrected chi connectivity index (χ4v) is 1.88. The van der Waals surface area contributed by atoms with Gasteiger partial charge in [-0.1, -0.05) is 30.7 Å². The summed E-state index contributed by atoms with van der Waals surface area (Å²) >= 11 is 0. The van der Waals surface area contributed by atoms with Crippen LogP contribution in [0, 0.1) is 0 Å². The number of unbranched alkanes of at least 4 members (excludes halogenated alkanes) is 1. The predicted octanol–water partition coefficient (Wildman–Crippen LogP) is 2.79. The Morgan fingerprint density at radius 1 is 1.25 bits per heavy atom. The molecule has 0 amide bonds. The Hall–Kier alpha value is -2.17. The van der Waals surface area contributed by atoms with Gasteiger partial charge in [0.1, 0.15) is 0 Å². The summed E-state index contributed by atoms with van der Waals surface area (Å²) in [7, 11) is 0. The van der Waals surface area contributed by atoms with E-state index in [-0.39, 0.29) is 5.69 Å². The van der Waals surface area contributed by atoms with Crippen molar-refractivity contribution in [2.24, 2.45) is 0 Å². The molecule has 5 heteroatoms. The normalized spacial score (nSPS) is 10.5. The van der Waals surface area contributed by atoms with E-state index in [1.165, 1.54) is 18.4 Å². The van der Waals surface area contributed by atoms with Gasteiger partial charge < -0.3 is 4.74 Å². The van der Waals surface area contributed by atoms with Crippen molar-refractivity contribution in [1.29, 1.82) is 0 Å². The lowest BCUT2D eigenvalue weighted by molar-refractivity contribution is 0.0519. The van der Waals surface area contributed by atoms with Gasteiger partial charge >= 0.3 is 5.97 Å². The Morgan fingerprint density at radius 3 is 2.65 bits per heavy atom. The first-order chi connectivity index (χ1) is 9.74. The van der Waals surface area contributed by atoms with Gasteiger partial charge in [-0.25, -0.2) is 9.48 Å². The third-order valence-corrected chi connectivity index (χ3v) is 3.00. The molecule has 0 unspecified atom stereocenters. The summed E-state index contributed by atoms with van der Waals surface area (Å²) in [6.07, 6.45) is 5.05. The fraction of sp³-hybridized carbons (Fsp3) is 0.400. The van der Waals surface area contributed by atoms with E-state index in [2.05, 4.69) is 29.4 Å². The van der Waals surface area contributed by atoms with E-state index in [1.807, 2.05) is 12.1 Å². The molecule has 0 bridgehead atoms. The van der Waals surface area contributed by atoms with Crippen LogP contribution in [0.4, 0.5) is 0 Å². The molecule has 1 heterocycles. The van der Waals surface area contributed by atoms with Crippen molar-refractivity contribution in [3.05, 3.63) is 41.7 Å². The van der Waals surface area contributed by atoms with Crippen LogP contribution in [-0.2, 0) is 11.2 Å². The number of ether oxygens (including phenoxy) is 1. The molecular formula is C15H19N3O2. The second kappa shape index (κ2) is 6.84. The van der Waals surface area contributed by atoms with Gasteiger partial charge in [-0.2, -0.15) is 0 Å². The number of nitrogens with zero attached hydrogens (tertiary/aromatic N) is 3. The largest absolute Gasteiger partial charge is 0.461 e. The minimum Gasteiger partial charge on any atom is -0.461 e. The first-order valence-corrected chi connectivity index (χ1v) is 6.93. The molecule has 1 aromatic heterocycles. The van der Waals surface area contributed by atoms with E-state index in [1.54, 1.807) is 17.8 Å². The van der Waals surface area contributed by atoms with Crippen LogP contribution in [0.1, 0.15) is 42.7 Å². The van der Waals surface area contributed by atoms with Crippen molar-refractivity contribution in [2.45, 2.75) is 33.1 Å². The predicted molar refractivity (Wildman–Crippen MR) is 75.9 cm³/mol. The summed E-state index contributed by atoms with van der Waals surface area (Å²) in [5.41, 5.74) is 2.41. The third kappa shape index (κ3) is 3.44. The maximum atomic E-state index is 11.5. The minimum absolute atomic E-state index is 0.224. The van der Waals surface area contributed by atoms with Crippen LogP contribution in [0.3, 0.4) is 0 Å². The van der Waals surface area contributed by atoms with Crippen molar-refractivity contribution < 1.29 is 9.53 Å². The van der Waals surface area contributed by atoms with E-state index in [0.717, 1.165) is 12.1 Å². The van der Waals surface area contributed by atoms with E-state index in [9.17, 15) is 4.79 Å². The Kier molecular flexibility index (Phi) is 4.87. The Bertz CT molecular complexity index is 561. The number of hydrogen-bond acceptors (Lipinski definition) is 4. The molecule has 2 rings (SSSR count). The maximum absolute atomic E-state index is 11.5. The van der Waals surface area contributed by atoms with Crippen molar-refractivity contribution in [3.8, 4) is 5.69 Å². The molecule has 5 nitrogen and oxygen atoms in total. The summed E-state index contributed by atoms with van der Waals surface area (Å²) < 4.78 is 6.46. The summed E-state index contributed by atoms with van der Waals surface area (Å²) in [6, 6.07) is 8.12. The summed E-state index contributed by atoms with van der Waals surface area (Å²) in [5, 5.41) is 7.77. The molecular weight excluding hydrogens is 254 g/mol. The fourth-order valence-electron chi connectivity index (χ4n) is 1.88. The summed E-state index contributed by atoms with van der Waals surface area (Å²) in [4.78, 5) is 11.5. The van der Waals surface area contributed by atoms with Crippen LogP contribution in [-0.4, -0.2) is 27.6 Å². The second-order valence-electron chi connectivity index (χ2n) is 4.54. The Labute approximate surface area is 118 Å². The summed E-state index contributed by atoms with van der Waals surface area (Å²) in [6.45, 7) is 4.27. The van der Waals surface area contributed by atoms with E-state index in [0.29, 0.717) is 6.61 Å². The van der Waals surface area contributed by atoms with E-state index >= 15 is 0 Å². The minimum atomic E-state index is -0.446. The van der Waals surface area contributed by atoms with Crippen molar-refractivity contribution in [1.82, 2.24) is 15.0 Å². The van der Waals surface area contributed by atoms with Crippen molar-refractivity contribution >= 4 is 5.97 Å². The lowest BCUT2D eigenvalue weighted by atomic mass is 10.1. The standard InChI is InChI=1S/C15H19N3O2/c1-3-5-6-12-7-9-13(10-8-12)18-11-14(16-17-18)15(19)20-4-2/h7-11H,3-6H2,1-2H3. The van der Waals surface area contributed by atoms with E-state index < -0.39 is 5.97 Å². The number of carbonyl (C=O) groups is 1. The number of carbonyl (C=O) groups excluding carboxylic acids is 1. The number of aryl methyl sites for hydroxylation is 1. The van der Waals surface area contributed by atoms with Crippen LogP contribution in [0.5, 0.6) is 0 Å². The smallest absolute Gasteiger partial charge is 0.360 e. The Morgan fingerprint density at radius 2 is 2.00 bits per heavy atom. The molecule has 0 aliphatic rings. The van der Waals surface area contributed by atoms with Crippen LogP contribution < -0.4 is 0 Å². The number of hydrogen-bond donors (Lipinski definition) is 0. The van der Waals surface area contributed by atoms with Crippen molar-refractivity contribution in [3.63, 3.8) is 0 Å². The second-order valence-corrected chi connectivity index (χ2v) is 4.54. The van der Waals surface area contributed by atoms with Gasteiger partial charge in [0.25, 0.3) is 0 Å². The molecule has 0 atom stereocenters. The monoisotopic (exact) mass is 273 g/mol. The molecule has 0 saturated carbocycles. The molecule has 0 aliphatic heterocycles. The van der Waals surface area contributed by atoms with Gasteiger partial charge in [-0.15, -0.1) is 5.10 Å². The van der Waals surface area contributed by atoms with E-state index in [4.69, 9.17) is 4.74 Å². The van der Waals surface area contributed by atoms with Gasteiger partial charge in [0, 0.05) is 0 Å². The molecule has 20 heavy (non-hydrogen) atoms. The zero-order chi connectivity index (χ0) is 14.4. The Balaban J connectivity index is 2.09. The van der Waals surface area contributed by atoms with Gasteiger partial charge in [0.15, 0.2) is 5.69 Å². The SMILES string of the molecule is CCCCc1ccc(-n2cc(C(=O)OCC)nn2)cc1. The molecule has 0 fully saturated rings. The van der Waals surface area contributed by atoms with Crippen LogP contribution >= 0.6 is 0 Å². The van der Waals surface area contributed by atoms with Crippen LogP contribution in [0.15, 0.2) is 30.5 Å². The van der Waals surface area contributed by atoms with Gasteiger partial charge in [-0.3, -0.25) is 0 Å². The molecule has 0 N–H and O–H groups in total. The molecule has 106 valence electrons. The van der Waals surface area contributed by atoms with Crippen LogP contribution in [0.25, 0.3) is 5.69 Å². The quantitative estimate of drug-likeness (QED) is 0.759. The number of rotatable bonds is 6.